The van der Waals surface area contributed by atoms with Gasteiger partial charge in [0.25, 0.3) is 11.8 Å². The van der Waals surface area contributed by atoms with Crippen LogP contribution in [0, 0.1) is 0 Å². The van der Waals surface area contributed by atoms with E-state index in [-0.39, 0.29) is 23.7 Å². The van der Waals surface area contributed by atoms with Gasteiger partial charge in [-0.1, -0.05) is 0 Å². The maximum Gasteiger partial charge on any atom is 0.330 e. The summed E-state index contributed by atoms with van der Waals surface area (Å²) in [7, 11) is 1.39. The fourth-order valence-electron chi connectivity index (χ4n) is 2.25. The zero-order chi connectivity index (χ0) is 17.7. The van der Waals surface area contributed by atoms with Crippen LogP contribution in [0.15, 0.2) is 18.2 Å². The molecule has 1 unspecified atom stereocenters. The Hall–Kier alpha value is -2.42. The minimum atomic E-state index is -1.25. The standard InChI is InChI=1S/C15H18N2O6S/c1-22-11-6-9(2-3-10(11)23-7-12(16)18)13(19)17-15(14(20)21)4-5-24-8-15/h2-3,6H,4-5,7-8H2,1H3,(H2,16,18)(H,17,19)(H,20,21). The number of carbonyl (C=O) groups is 3. The SMILES string of the molecule is COc1cc(C(=O)NC2(C(=O)O)CCSC2)ccc1OCC(N)=O. The van der Waals surface area contributed by atoms with Gasteiger partial charge in [-0.3, -0.25) is 9.59 Å². The fourth-order valence-corrected chi connectivity index (χ4v) is 3.58. The Labute approximate surface area is 142 Å². The number of aliphatic carboxylic acids is 1. The molecule has 1 saturated heterocycles. The van der Waals surface area contributed by atoms with E-state index in [0.29, 0.717) is 17.9 Å². The molecule has 0 aliphatic carbocycles. The number of rotatable bonds is 7. The molecule has 1 aromatic carbocycles. The van der Waals surface area contributed by atoms with Crippen molar-refractivity contribution in [3.8, 4) is 11.5 Å². The van der Waals surface area contributed by atoms with Crippen molar-refractivity contribution in [2.75, 3.05) is 25.2 Å². The lowest BCUT2D eigenvalue weighted by molar-refractivity contribution is -0.143. The number of thioether (sulfide) groups is 1. The summed E-state index contributed by atoms with van der Waals surface area (Å²) in [5, 5.41) is 12.0. The van der Waals surface area contributed by atoms with Gasteiger partial charge in [0.15, 0.2) is 18.1 Å². The molecule has 8 nitrogen and oxygen atoms in total. The van der Waals surface area contributed by atoms with Gasteiger partial charge in [-0.25, -0.2) is 4.79 Å². The Morgan fingerprint density at radius 2 is 2.12 bits per heavy atom. The van der Waals surface area contributed by atoms with Crippen LogP contribution in [0.1, 0.15) is 16.8 Å². The van der Waals surface area contributed by atoms with Crippen molar-refractivity contribution < 1.29 is 29.0 Å². The lowest BCUT2D eigenvalue weighted by atomic mass is 9.98. The van der Waals surface area contributed by atoms with Crippen LogP contribution in [0.5, 0.6) is 11.5 Å². The minimum absolute atomic E-state index is 0.232. The Morgan fingerprint density at radius 3 is 2.67 bits per heavy atom. The molecule has 1 atom stereocenters. The van der Waals surface area contributed by atoms with Crippen LogP contribution < -0.4 is 20.5 Å². The van der Waals surface area contributed by atoms with Gasteiger partial charge in [0.2, 0.25) is 0 Å². The second-order valence-electron chi connectivity index (χ2n) is 5.26. The number of carboxylic acids is 1. The predicted molar refractivity (Wildman–Crippen MR) is 87.5 cm³/mol. The summed E-state index contributed by atoms with van der Waals surface area (Å²) in [5.41, 5.74) is 4.00. The number of carboxylic acid groups (broad SMARTS) is 1. The van der Waals surface area contributed by atoms with E-state index in [1.165, 1.54) is 37.1 Å². The number of nitrogens with one attached hydrogen (secondary N) is 1. The average Bonchev–Trinajstić information content (AvgIpc) is 3.02. The van der Waals surface area contributed by atoms with Crippen LogP contribution in [-0.2, 0) is 9.59 Å². The van der Waals surface area contributed by atoms with Gasteiger partial charge < -0.3 is 25.6 Å². The maximum absolute atomic E-state index is 12.4. The molecule has 0 saturated carbocycles. The predicted octanol–water partition coefficient (Wildman–Crippen LogP) is 0.249. The number of benzene rings is 1. The van der Waals surface area contributed by atoms with E-state index in [1.807, 2.05) is 0 Å². The van der Waals surface area contributed by atoms with Gasteiger partial charge >= 0.3 is 5.97 Å². The van der Waals surface area contributed by atoms with E-state index < -0.39 is 23.3 Å². The van der Waals surface area contributed by atoms with Gasteiger partial charge in [-0.05, 0) is 30.4 Å². The highest BCUT2D eigenvalue weighted by Crippen LogP contribution is 2.30. The number of nitrogens with two attached hydrogens (primary N) is 1. The maximum atomic E-state index is 12.4. The summed E-state index contributed by atoms with van der Waals surface area (Å²) in [6.45, 7) is -0.318. The lowest BCUT2D eigenvalue weighted by Gasteiger charge is -2.24. The molecule has 4 N–H and O–H groups in total. The Balaban J connectivity index is 2.17. The normalized spacial score (nSPS) is 19.5. The molecule has 130 valence electrons. The molecule has 2 rings (SSSR count). The first-order valence-corrected chi connectivity index (χ1v) is 8.26. The van der Waals surface area contributed by atoms with E-state index >= 15 is 0 Å². The number of ether oxygens (including phenoxy) is 2. The largest absolute Gasteiger partial charge is 0.493 e. The number of amides is 2. The highest BCUT2D eigenvalue weighted by molar-refractivity contribution is 7.99. The molecule has 0 spiro atoms. The minimum Gasteiger partial charge on any atom is -0.493 e. The lowest BCUT2D eigenvalue weighted by Crippen LogP contribution is -2.54. The van der Waals surface area contributed by atoms with E-state index in [0.717, 1.165) is 0 Å². The smallest absolute Gasteiger partial charge is 0.330 e. The molecule has 2 amide bonds. The van der Waals surface area contributed by atoms with Gasteiger partial charge in [-0.15, -0.1) is 0 Å². The quantitative estimate of drug-likeness (QED) is 0.640. The zero-order valence-electron chi connectivity index (χ0n) is 13.0. The fraction of sp³-hybridized carbons (Fsp3) is 0.400. The molecule has 24 heavy (non-hydrogen) atoms. The van der Waals surface area contributed by atoms with Crippen molar-refractivity contribution in [2.24, 2.45) is 5.73 Å². The number of carbonyl (C=O) groups excluding carboxylic acids is 2. The van der Waals surface area contributed by atoms with Crippen LogP contribution in [0.4, 0.5) is 0 Å². The summed E-state index contributed by atoms with van der Waals surface area (Å²) in [5.74, 6) is -0.693. The van der Waals surface area contributed by atoms with Crippen LogP contribution in [0.25, 0.3) is 0 Å². The zero-order valence-corrected chi connectivity index (χ0v) is 13.9. The van der Waals surface area contributed by atoms with Gasteiger partial charge in [0.05, 0.1) is 7.11 Å². The van der Waals surface area contributed by atoms with E-state index in [4.69, 9.17) is 15.2 Å². The highest BCUT2D eigenvalue weighted by Gasteiger charge is 2.43. The molecule has 1 fully saturated rings. The Kier molecular flexibility index (Phi) is 5.55. The van der Waals surface area contributed by atoms with Gasteiger partial charge in [-0.2, -0.15) is 11.8 Å². The topological polar surface area (TPSA) is 128 Å². The molecule has 9 heteroatoms. The van der Waals surface area contributed by atoms with Crippen molar-refractivity contribution in [2.45, 2.75) is 12.0 Å². The van der Waals surface area contributed by atoms with Gasteiger partial charge in [0, 0.05) is 11.3 Å². The first-order chi connectivity index (χ1) is 11.4. The number of methoxy groups -OCH3 is 1. The van der Waals surface area contributed by atoms with Crippen molar-refractivity contribution in [1.29, 1.82) is 0 Å². The summed E-state index contributed by atoms with van der Waals surface area (Å²) in [6, 6.07) is 4.35. The Bertz CT molecular complexity index is 657. The number of hydrogen-bond acceptors (Lipinski definition) is 6. The highest BCUT2D eigenvalue weighted by atomic mass is 32.2. The number of primary amides is 1. The van der Waals surface area contributed by atoms with E-state index in [2.05, 4.69) is 5.32 Å². The first kappa shape index (κ1) is 17.9. The third-order valence-corrected chi connectivity index (χ3v) is 4.77. The Morgan fingerprint density at radius 1 is 1.38 bits per heavy atom. The van der Waals surface area contributed by atoms with Gasteiger partial charge in [0.1, 0.15) is 5.54 Å². The van der Waals surface area contributed by atoms with Crippen molar-refractivity contribution >= 4 is 29.5 Å². The molecule has 1 aromatic rings. The molecular weight excluding hydrogens is 336 g/mol. The van der Waals surface area contributed by atoms with Crippen LogP contribution in [-0.4, -0.2) is 53.7 Å². The molecule has 1 heterocycles. The van der Waals surface area contributed by atoms with E-state index in [9.17, 15) is 19.5 Å². The summed E-state index contributed by atoms with van der Waals surface area (Å²) in [6.07, 6.45) is 0.371. The van der Waals surface area contributed by atoms with Crippen LogP contribution in [0.3, 0.4) is 0 Å². The average molecular weight is 354 g/mol. The van der Waals surface area contributed by atoms with Crippen LogP contribution in [0.2, 0.25) is 0 Å². The number of hydrogen-bond donors (Lipinski definition) is 3. The van der Waals surface area contributed by atoms with Crippen molar-refractivity contribution in [3.63, 3.8) is 0 Å². The first-order valence-electron chi connectivity index (χ1n) is 7.11. The molecule has 1 aliphatic heterocycles. The molecule has 0 radical (unpaired) electrons. The van der Waals surface area contributed by atoms with Crippen LogP contribution >= 0.6 is 11.8 Å². The monoisotopic (exact) mass is 354 g/mol. The molecular formula is C15H18N2O6S. The molecule has 0 aromatic heterocycles. The molecule has 1 aliphatic rings. The third-order valence-electron chi connectivity index (χ3n) is 3.58. The second-order valence-corrected chi connectivity index (χ2v) is 6.37. The third kappa shape index (κ3) is 3.91. The van der Waals surface area contributed by atoms with E-state index in [1.54, 1.807) is 0 Å². The summed E-state index contributed by atoms with van der Waals surface area (Å²) < 4.78 is 10.3. The second kappa shape index (κ2) is 7.43. The van der Waals surface area contributed by atoms with Crippen molar-refractivity contribution in [1.82, 2.24) is 5.32 Å². The summed E-state index contributed by atoms with van der Waals surface area (Å²) >= 11 is 1.48. The van der Waals surface area contributed by atoms with Crippen molar-refractivity contribution in [3.05, 3.63) is 23.8 Å². The summed E-state index contributed by atoms with van der Waals surface area (Å²) in [4.78, 5) is 34.7. The molecule has 0 bridgehead atoms.